The number of H-pyrrole nitrogens is 2. The van der Waals surface area contributed by atoms with Crippen molar-refractivity contribution in [2.45, 2.75) is 32.9 Å². The number of rotatable bonds is 8. The molecular formula is C24H27N5. The summed E-state index contributed by atoms with van der Waals surface area (Å²) in [5.74, 6) is 2.37. The fraction of sp³-hybridized carbons (Fsp3) is 0.250. The molecule has 2 aromatic carbocycles. The minimum absolute atomic E-state index is 0.198. The molecule has 0 amide bonds. The molecule has 0 radical (unpaired) electrons. The van der Waals surface area contributed by atoms with Gasteiger partial charge in [0.1, 0.15) is 11.6 Å². The van der Waals surface area contributed by atoms with Crippen LogP contribution in [0, 0.1) is 5.92 Å². The maximum Gasteiger partial charge on any atom is 0.137 e. The van der Waals surface area contributed by atoms with Crippen LogP contribution in [-0.2, 0) is 6.54 Å². The van der Waals surface area contributed by atoms with Crippen LogP contribution >= 0.6 is 0 Å². The summed E-state index contributed by atoms with van der Waals surface area (Å²) >= 11 is 0. The van der Waals surface area contributed by atoms with Crippen molar-refractivity contribution in [1.82, 2.24) is 25.3 Å². The summed E-state index contributed by atoms with van der Waals surface area (Å²) in [5, 5.41) is 3.67. The third-order valence-electron chi connectivity index (χ3n) is 4.94. The first-order valence-electron chi connectivity index (χ1n) is 10.1. The van der Waals surface area contributed by atoms with Crippen molar-refractivity contribution in [3.8, 4) is 22.8 Å². The Labute approximate surface area is 171 Å². The van der Waals surface area contributed by atoms with Gasteiger partial charge in [0.05, 0.1) is 11.9 Å². The number of nitrogens with zero attached hydrogens (tertiary/aromatic N) is 2. The van der Waals surface area contributed by atoms with Crippen LogP contribution in [0.5, 0.6) is 0 Å². The molecular weight excluding hydrogens is 358 g/mol. The zero-order chi connectivity index (χ0) is 20.1. The van der Waals surface area contributed by atoms with Crippen molar-refractivity contribution in [3.05, 3.63) is 84.4 Å². The molecule has 0 unspecified atom stereocenters. The van der Waals surface area contributed by atoms with Crippen LogP contribution < -0.4 is 5.32 Å². The summed E-state index contributed by atoms with van der Waals surface area (Å²) in [6.07, 6.45) is 4.88. The van der Waals surface area contributed by atoms with Gasteiger partial charge in [0.25, 0.3) is 0 Å². The lowest BCUT2D eigenvalue weighted by Crippen LogP contribution is -2.23. The van der Waals surface area contributed by atoms with Crippen molar-refractivity contribution < 1.29 is 0 Å². The van der Waals surface area contributed by atoms with Crippen LogP contribution in [0.25, 0.3) is 22.8 Å². The van der Waals surface area contributed by atoms with E-state index in [0.717, 1.165) is 47.1 Å². The van der Waals surface area contributed by atoms with Crippen molar-refractivity contribution >= 4 is 0 Å². The van der Waals surface area contributed by atoms with E-state index < -0.39 is 0 Å². The second kappa shape index (κ2) is 8.88. The highest BCUT2D eigenvalue weighted by molar-refractivity contribution is 5.55. The zero-order valence-corrected chi connectivity index (χ0v) is 16.9. The summed E-state index contributed by atoms with van der Waals surface area (Å²) in [4.78, 5) is 16.0. The number of aromatic amines is 2. The van der Waals surface area contributed by atoms with Crippen molar-refractivity contribution in [3.63, 3.8) is 0 Å². The number of nitrogens with one attached hydrogen (secondary N) is 3. The molecule has 0 aliphatic carbocycles. The zero-order valence-electron chi connectivity index (χ0n) is 16.9. The number of benzene rings is 2. The first kappa shape index (κ1) is 19.2. The Morgan fingerprint density at radius 3 is 2.00 bits per heavy atom. The number of hydrogen-bond acceptors (Lipinski definition) is 3. The molecule has 0 fully saturated rings. The molecule has 4 rings (SSSR count). The minimum atomic E-state index is 0.198. The Morgan fingerprint density at radius 2 is 1.38 bits per heavy atom. The van der Waals surface area contributed by atoms with Gasteiger partial charge in [-0.2, -0.15) is 0 Å². The van der Waals surface area contributed by atoms with Crippen LogP contribution in [0.2, 0.25) is 0 Å². The SMILES string of the molecule is CC(C)C[C@H](NCc1cnc(-c2ccccc2)[nH]1)c1cnc(-c2ccccc2)[nH]1. The molecule has 0 aliphatic rings. The van der Waals surface area contributed by atoms with E-state index in [-0.39, 0.29) is 6.04 Å². The average Bonchev–Trinajstić information content (AvgIpc) is 3.42. The fourth-order valence-electron chi connectivity index (χ4n) is 3.47. The lowest BCUT2D eigenvalue weighted by Gasteiger charge is -2.19. The molecule has 5 heteroatoms. The Hall–Kier alpha value is -3.18. The highest BCUT2D eigenvalue weighted by Crippen LogP contribution is 2.24. The Kier molecular flexibility index (Phi) is 5.86. The van der Waals surface area contributed by atoms with Gasteiger partial charge in [-0.05, 0) is 12.3 Å². The van der Waals surface area contributed by atoms with Gasteiger partial charge in [0.2, 0.25) is 0 Å². The summed E-state index contributed by atoms with van der Waals surface area (Å²) in [6.45, 7) is 5.20. The molecule has 29 heavy (non-hydrogen) atoms. The summed E-state index contributed by atoms with van der Waals surface area (Å²) < 4.78 is 0. The molecule has 1 atom stereocenters. The quantitative estimate of drug-likeness (QED) is 0.383. The third-order valence-corrected chi connectivity index (χ3v) is 4.94. The molecule has 0 saturated heterocycles. The van der Waals surface area contributed by atoms with Gasteiger partial charge in [-0.3, -0.25) is 0 Å². The molecule has 0 bridgehead atoms. The fourth-order valence-corrected chi connectivity index (χ4v) is 3.47. The molecule has 0 saturated carbocycles. The second-order valence-corrected chi connectivity index (χ2v) is 7.74. The van der Waals surface area contributed by atoms with Crippen LogP contribution in [-0.4, -0.2) is 19.9 Å². The molecule has 0 aliphatic heterocycles. The van der Waals surface area contributed by atoms with Crippen molar-refractivity contribution in [1.29, 1.82) is 0 Å². The highest BCUT2D eigenvalue weighted by Gasteiger charge is 2.17. The van der Waals surface area contributed by atoms with Gasteiger partial charge < -0.3 is 15.3 Å². The van der Waals surface area contributed by atoms with Crippen LogP contribution in [0.1, 0.15) is 37.7 Å². The van der Waals surface area contributed by atoms with E-state index in [0.29, 0.717) is 5.92 Å². The average molecular weight is 386 g/mol. The summed E-state index contributed by atoms with van der Waals surface area (Å²) in [6, 6.07) is 20.6. The number of imidazole rings is 2. The smallest absolute Gasteiger partial charge is 0.137 e. The summed E-state index contributed by atoms with van der Waals surface area (Å²) in [5.41, 5.74) is 4.38. The van der Waals surface area contributed by atoms with Gasteiger partial charge in [0, 0.05) is 35.6 Å². The van der Waals surface area contributed by atoms with E-state index >= 15 is 0 Å². The van der Waals surface area contributed by atoms with E-state index in [2.05, 4.69) is 63.4 Å². The largest absolute Gasteiger partial charge is 0.341 e. The van der Waals surface area contributed by atoms with Gasteiger partial charge in [-0.1, -0.05) is 74.5 Å². The predicted octanol–water partition coefficient (Wildman–Crippen LogP) is 5.34. The van der Waals surface area contributed by atoms with E-state index in [9.17, 15) is 0 Å². The molecule has 5 nitrogen and oxygen atoms in total. The maximum atomic E-state index is 4.60. The molecule has 0 spiro atoms. The van der Waals surface area contributed by atoms with Gasteiger partial charge >= 0.3 is 0 Å². The molecule has 4 aromatic rings. The maximum absolute atomic E-state index is 4.60. The highest BCUT2D eigenvalue weighted by atomic mass is 15.0. The van der Waals surface area contributed by atoms with E-state index in [1.165, 1.54) is 0 Å². The van der Waals surface area contributed by atoms with Gasteiger partial charge in [-0.15, -0.1) is 0 Å². The van der Waals surface area contributed by atoms with E-state index in [1.807, 2.05) is 48.8 Å². The van der Waals surface area contributed by atoms with E-state index in [4.69, 9.17) is 0 Å². The van der Waals surface area contributed by atoms with Gasteiger partial charge in [0.15, 0.2) is 0 Å². The van der Waals surface area contributed by atoms with Crippen molar-refractivity contribution in [2.24, 2.45) is 5.92 Å². The normalized spacial score (nSPS) is 12.4. The Balaban J connectivity index is 1.47. The predicted molar refractivity (Wildman–Crippen MR) is 117 cm³/mol. The Bertz CT molecular complexity index is 1020. The number of hydrogen-bond donors (Lipinski definition) is 3. The topological polar surface area (TPSA) is 69.4 Å². The molecule has 2 aromatic heterocycles. The Morgan fingerprint density at radius 1 is 0.793 bits per heavy atom. The standard InChI is InChI=1S/C24H27N5/c1-17(2)13-21(22-16-27-24(29-22)19-11-7-4-8-12-19)25-14-20-15-26-23(28-20)18-9-5-3-6-10-18/h3-12,15-17,21,25H,13-14H2,1-2H3,(H,26,28)(H,27,29)/t21-/m0/s1. The van der Waals surface area contributed by atoms with Crippen molar-refractivity contribution in [2.75, 3.05) is 0 Å². The minimum Gasteiger partial charge on any atom is -0.341 e. The first-order chi connectivity index (χ1) is 14.2. The lowest BCUT2D eigenvalue weighted by atomic mass is 10.0. The first-order valence-corrected chi connectivity index (χ1v) is 10.1. The second-order valence-electron chi connectivity index (χ2n) is 7.74. The summed E-state index contributed by atoms with van der Waals surface area (Å²) in [7, 11) is 0. The van der Waals surface area contributed by atoms with Crippen LogP contribution in [0.15, 0.2) is 73.1 Å². The van der Waals surface area contributed by atoms with Crippen LogP contribution in [0.4, 0.5) is 0 Å². The van der Waals surface area contributed by atoms with Gasteiger partial charge in [-0.25, -0.2) is 9.97 Å². The monoisotopic (exact) mass is 385 g/mol. The number of aromatic nitrogens is 4. The molecule has 3 N–H and O–H groups in total. The lowest BCUT2D eigenvalue weighted by molar-refractivity contribution is 0.420. The van der Waals surface area contributed by atoms with Crippen LogP contribution in [0.3, 0.4) is 0 Å². The molecule has 148 valence electrons. The van der Waals surface area contributed by atoms with E-state index in [1.54, 1.807) is 0 Å². The third kappa shape index (κ3) is 4.81. The molecule has 2 heterocycles.